The summed E-state index contributed by atoms with van der Waals surface area (Å²) in [7, 11) is 0. The zero-order valence-electron chi connectivity index (χ0n) is 17.5. The Morgan fingerprint density at radius 2 is 1.97 bits per heavy atom. The van der Waals surface area contributed by atoms with Gasteiger partial charge in [0.15, 0.2) is 0 Å². The highest BCUT2D eigenvalue weighted by Crippen LogP contribution is 2.26. The molecule has 2 aromatic rings. The van der Waals surface area contributed by atoms with Gasteiger partial charge >= 0.3 is 0 Å². The highest BCUT2D eigenvalue weighted by atomic mass is 16.5. The smallest absolute Gasteiger partial charge is 0.249 e. The molecule has 1 aliphatic rings. The van der Waals surface area contributed by atoms with Crippen LogP contribution in [0.15, 0.2) is 48.7 Å². The number of rotatable bonds is 8. The number of aliphatic hydroxyl groups excluding tert-OH is 1. The van der Waals surface area contributed by atoms with E-state index >= 15 is 0 Å². The van der Waals surface area contributed by atoms with Gasteiger partial charge in [0, 0.05) is 17.8 Å². The largest absolute Gasteiger partial charge is 0.386 e. The summed E-state index contributed by atoms with van der Waals surface area (Å²) in [6.45, 7) is 4.55. The lowest BCUT2D eigenvalue weighted by molar-refractivity contribution is -0.155. The Kier molecular flexibility index (Phi) is 7.54. The van der Waals surface area contributed by atoms with Crippen molar-refractivity contribution in [3.63, 3.8) is 0 Å². The van der Waals surface area contributed by atoms with Crippen molar-refractivity contribution in [1.82, 2.24) is 9.88 Å². The van der Waals surface area contributed by atoms with Gasteiger partial charge in [-0.1, -0.05) is 32.0 Å². The van der Waals surface area contributed by atoms with Crippen molar-refractivity contribution in [2.75, 3.05) is 18.5 Å². The lowest BCUT2D eigenvalue weighted by Gasteiger charge is -2.38. The van der Waals surface area contributed by atoms with Crippen LogP contribution in [0.25, 0.3) is 0 Å². The van der Waals surface area contributed by atoms with E-state index in [1.54, 1.807) is 35.4 Å². The van der Waals surface area contributed by atoms with Crippen LogP contribution in [0, 0.1) is 5.92 Å². The lowest BCUT2D eigenvalue weighted by atomic mass is 9.99. The topological polar surface area (TPSA) is 91.8 Å². The third kappa shape index (κ3) is 5.23. The van der Waals surface area contributed by atoms with Gasteiger partial charge in [-0.05, 0) is 42.7 Å². The van der Waals surface area contributed by atoms with Gasteiger partial charge in [0.1, 0.15) is 12.7 Å². The number of aliphatic hydroxyl groups is 1. The summed E-state index contributed by atoms with van der Waals surface area (Å²) in [5, 5.41) is 13.9. The van der Waals surface area contributed by atoms with Crippen LogP contribution in [0.4, 0.5) is 5.69 Å². The number of ether oxygens (including phenoxy) is 1. The molecule has 1 aliphatic heterocycles. The van der Waals surface area contributed by atoms with E-state index in [4.69, 9.17) is 4.74 Å². The molecule has 2 atom stereocenters. The average Bonchev–Trinajstić information content (AvgIpc) is 2.77. The Morgan fingerprint density at radius 1 is 1.23 bits per heavy atom. The number of nitrogens with zero attached hydrogens (tertiary/aromatic N) is 2. The number of amides is 2. The minimum Gasteiger partial charge on any atom is -0.386 e. The highest BCUT2D eigenvalue weighted by molar-refractivity contribution is 5.92. The van der Waals surface area contributed by atoms with Gasteiger partial charge in [0.25, 0.3) is 0 Å². The van der Waals surface area contributed by atoms with Crippen LogP contribution in [0.1, 0.15) is 44.1 Å². The SMILES string of the molecule is CCC(CC)C(=O)Nc1ccc(C(O)C2COCC(=O)N2Cc2ccccn2)cc1. The summed E-state index contributed by atoms with van der Waals surface area (Å²) in [6.07, 6.45) is 2.35. The van der Waals surface area contributed by atoms with Gasteiger partial charge in [-0.25, -0.2) is 0 Å². The summed E-state index contributed by atoms with van der Waals surface area (Å²) in [5.74, 6) is -0.188. The standard InChI is InChI=1S/C23H29N3O4/c1-3-16(4-2)23(29)25-18-10-8-17(9-11-18)22(28)20-14-30-15-21(27)26(20)13-19-7-5-6-12-24-19/h5-12,16,20,22,28H,3-4,13-15H2,1-2H3,(H,25,29). The zero-order valence-corrected chi connectivity index (χ0v) is 17.5. The Morgan fingerprint density at radius 3 is 2.60 bits per heavy atom. The molecule has 2 N–H and O–H groups in total. The Labute approximate surface area is 177 Å². The van der Waals surface area contributed by atoms with E-state index in [1.165, 1.54) is 0 Å². The second-order valence-corrected chi connectivity index (χ2v) is 7.49. The summed E-state index contributed by atoms with van der Waals surface area (Å²) >= 11 is 0. The van der Waals surface area contributed by atoms with Crippen LogP contribution in [-0.2, 0) is 20.9 Å². The fraction of sp³-hybridized carbons (Fsp3) is 0.435. The second-order valence-electron chi connectivity index (χ2n) is 7.49. The van der Waals surface area contributed by atoms with Crippen LogP contribution in [0.2, 0.25) is 0 Å². The van der Waals surface area contributed by atoms with Gasteiger partial charge < -0.3 is 20.1 Å². The summed E-state index contributed by atoms with van der Waals surface area (Å²) in [6, 6.07) is 12.1. The van der Waals surface area contributed by atoms with Gasteiger partial charge in [-0.2, -0.15) is 0 Å². The van der Waals surface area contributed by atoms with E-state index in [0.29, 0.717) is 17.8 Å². The monoisotopic (exact) mass is 411 g/mol. The number of carbonyl (C=O) groups is 2. The Balaban J connectivity index is 1.71. The molecule has 0 spiro atoms. The van der Waals surface area contributed by atoms with E-state index in [9.17, 15) is 14.7 Å². The molecule has 0 bridgehead atoms. The third-order valence-electron chi connectivity index (χ3n) is 5.53. The van der Waals surface area contributed by atoms with E-state index in [1.807, 2.05) is 32.0 Å². The van der Waals surface area contributed by atoms with Crippen molar-refractivity contribution in [2.45, 2.75) is 45.4 Å². The molecular formula is C23H29N3O4. The Bertz CT molecular complexity index is 837. The lowest BCUT2D eigenvalue weighted by Crippen LogP contribution is -2.51. The molecule has 1 fully saturated rings. The quantitative estimate of drug-likeness (QED) is 0.697. The molecule has 2 heterocycles. The van der Waals surface area contributed by atoms with E-state index in [0.717, 1.165) is 18.5 Å². The van der Waals surface area contributed by atoms with Crippen molar-refractivity contribution >= 4 is 17.5 Å². The first kappa shape index (κ1) is 21.9. The molecule has 160 valence electrons. The predicted molar refractivity (Wildman–Crippen MR) is 113 cm³/mol. The zero-order chi connectivity index (χ0) is 21.5. The second kappa shape index (κ2) is 10.3. The van der Waals surface area contributed by atoms with Crippen LogP contribution in [0.3, 0.4) is 0 Å². The maximum absolute atomic E-state index is 12.5. The molecule has 1 aromatic carbocycles. The molecule has 7 nitrogen and oxygen atoms in total. The van der Waals surface area contributed by atoms with Gasteiger partial charge in [-0.3, -0.25) is 14.6 Å². The highest BCUT2D eigenvalue weighted by Gasteiger charge is 2.34. The van der Waals surface area contributed by atoms with Crippen molar-refractivity contribution in [2.24, 2.45) is 5.92 Å². The summed E-state index contributed by atoms with van der Waals surface area (Å²) in [4.78, 5) is 30.6. The molecule has 0 saturated carbocycles. The number of morpholine rings is 1. The van der Waals surface area contributed by atoms with Crippen molar-refractivity contribution in [3.05, 3.63) is 59.9 Å². The van der Waals surface area contributed by atoms with Crippen molar-refractivity contribution in [1.29, 1.82) is 0 Å². The molecule has 2 unspecified atom stereocenters. The molecule has 1 saturated heterocycles. The number of pyridine rings is 1. The fourth-order valence-corrected chi connectivity index (χ4v) is 3.65. The number of benzene rings is 1. The molecule has 2 amide bonds. The molecule has 0 aliphatic carbocycles. The average molecular weight is 412 g/mol. The van der Waals surface area contributed by atoms with Crippen LogP contribution < -0.4 is 5.32 Å². The first-order valence-electron chi connectivity index (χ1n) is 10.4. The predicted octanol–water partition coefficient (Wildman–Crippen LogP) is 2.92. The van der Waals surface area contributed by atoms with Crippen molar-refractivity contribution in [3.8, 4) is 0 Å². The normalized spacial score (nSPS) is 17.8. The maximum Gasteiger partial charge on any atom is 0.249 e. The molecule has 3 rings (SSSR count). The summed E-state index contributed by atoms with van der Waals surface area (Å²) < 4.78 is 5.40. The maximum atomic E-state index is 12.5. The number of hydrogen-bond donors (Lipinski definition) is 2. The van der Waals surface area contributed by atoms with Gasteiger partial charge in [0.05, 0.1) is 24.9 Å². The molecule has 7 heteroatoms. The third-order valence-corrected chi connectivity index (χ3v) is 5.53. The number of nitrogens with one attached hydrogen (secondary N) is 1. The van der Waals surface area contributed by atoms with Crippen LogP contribution >= 0.6 is 0 Å². The number of carbonyl (C=O) groups excluding carboxylic acids is 2. The first-order valence-corrected chi connectivity index (χ1v) is 10.4. The minimum atomic E-state index is -0.915. The number of aromatic nitrogens is 1. The van der Waals surface area contributed by atoms with Crippen molar-refractivity contribution < 1.29 is 19.4 Å². The molecule has 30 heavy (non-hydrogen) atoms. The van der Waals surface area contributed by atoms with E-state index in [-0.39, 0.29) is 30.9 Å². The summed E-state index contributed by atoms with van der Waals surface area (Å²) in [5.41, 5.74) is 2.10. The van der Waals surface area contributed by atoms with Gasteiger partial charge in [-0.15, -0.1) is 0 Å². The molecule has 1 aromatic heterocycles. The number of hydrogen-bond acceptors (Lipinski definition) is 5. The molecule has 0 radical (unpaired) electrons. The first-order chi connectivity index (χ1) is 14.5. The fourth-order valence-electron chi connectivity index (χ4n) is 3.65. The minimum absolute atomic E-state index is 0.00103. The van der Waals surface area contributed by atoms with Crippen LogP contribution in [-0.4, -0.2) is 46.1 Å². The number of anilines is 1. The molecular weight excluding hydrogens is 382 g/mol. The Hall–Kier alpha value is -2.77. The van der Waals surface area contributed by atoms with Gasteiger partial charge in [0.2, 0.25) is 11.8 Å². The van der Waals surface area contributed by atoms with E-state index in [2.05, 4.69) is 10.3 Å². The van der Waals surface area contributed by atoms with Crippen LogP contribution in [0.5, 0.6) is 0 Å². The van der Waals surface area contributed by atoms with E-state index < -0.39 is 12.1 Å².